The van der Waals surface area contributed by atoms with Gasteiger partial charge in [0.15, 0.2) is 5.78 Å². The molecule has 174 valence electrons. The second kappa shape index (κ2) is 8.41. The summed E-state index contributed by atoms with van der Waals surface area (Å²) >= 11 is 0. The molecule has 0 amide bonds. The lowest BCUT2D eigenvalue weighted by Gasteiger charge is -2.31. The van der Waals surface area contributed by atoms with Crippen LogP contribution in [0.5, 0.6) is 0 Å². The summed E-state index contributed by atoms with van der Waals surface area (Å²) in [6, 6.07) is 11.0. The molecule has 6 rings (SSSR count). The van der Waals surface area contributed by atoms with Crippen molar-refractivity contribution in [3.8, 4) is 0 Å². The Morgan fingerprint density at radius 2 is 2.00 bits per heavy atom. The fourth-order valence-electron chi connectivity index (χ4n) is 5.11. The molecule has 0 spiro atoms. The summed E-state index contributed by atoms with van der Waals surface area (Å²) in [5.41, 5.74) is 11.1. The number of aromatic nitrogens is 3. The van der Waals surface area contributed by atoms with Gasteiger partial charge >= 0.3 is 0 Å². The number of carbonyl (C=O) groups excluding carboxylic acids is 1. The van der Waals surface area contributed by atoms with Crippen molar-refractivity contribution in [1.82, 2.24) is 25.1 Å². The zero-order chi connectivity index (χ0) is 23.2. The highest BCUT2D eigenvalue weighted by Gasteiger charge is 2.40. The third-order valence-corrected chi connectivity index (χ3v) is 6.96. The Morgan fingerprint density at radius 3 is 2.74 bits per heavy atom. The quantitative estimate of drug-likeness (QED) is 0.610. The number of likely N-dealkylation sites (tertiary alicyclic amines) is 1. The number of rotatable bonds is 5. The van der Waals surface area contributed by atoms with Gasteiger partial charge in [-0.2, -0.15) is 5.10 Å². The van der Waals surface area contributed by atoms with Crippen molar-refractivity contribution in [3.63, 3.8) is 0 Å². The number of hydrogen-bond donors (Lipinski definition) is 2. The fourth-order valence-corrected chi connectivity index (χ4v) is 5.11. The van der Waals surface area contributed by atoms with Gasteiger partial charge in [-0.1, -0.05) is 24.3 Å². The number of benzene rings is 2. The molecule has 0 aliphatic carbocycles. The average molecular weight is 460 g/mol. The summed E-state index contributed by atoms with van der Waals surface area (Å²) < 4.78 is 16.3. The van der Waals surface area contributed by atoms with Crippen LogP contribution in [0.2, 0.25) is 0 Å². The van der Waals surface area contributed by atoms with Crippen LogP contribution in [-0.4, -0.2) is 50.8 Å². The van der Waals surface area contributed by atoms with Gasteiger partial charge in [-0.15, -0.1) is 0 Å². The lowest BCUT2D eigenvalue weighted by atomic mass is 9.82. The molecule has 1 saturated heterocycles. The molecule has 2 aromatic carbocycles. The lowest BCUT2D eigenvalue weighted by Crippen LogP contribution is -2.36. The molecule has 34 heavy (non-hydrogen) atoms. The number of nitrogens with one attached hydrogen (secondary N) is 2. The fraction of sp³-hybridized carbons (Fsp3) is 0.360. The Bertz CT molecular complexity index is 1280. The van der Waals surface area contributed by atoms with Crippen molar-refractivity contribution in [2.24, 2.45) is 4.99 Å². The van der Waals surface area contributed by atoms with Crippen LogP contribution < -0.4 is 10.9 Å². The number of halogens is 1. The molecular formula is C25H26FN7O. The Hall–Kier alpha value is -3.43. The van der Waals surface area contributed by atoms with Crippen molar-refractivity contribution < 1.29 is 9.18 Å². The maximum absolute atomic E-state index is 14.4. The van der Waals surface area contributed by atoms with E-state index in [9.17, 15) is 9.18 Å². The van der Waals surface area contributed by atoms with Gasteiger partial charge in [-0.25, -0.2) is 19.5 Å². The maximum atomic E-state index is 14.4. The average Bonchev–Trinajstić information content (AvgIpc) is 3.22. The minimum absolute atomic E-state index is 0.0104. The van der Waals surface area contributed by atoms with E-state index in [1.807, 2.05) is 11.6 Å². The Morgan fingerprint density at radius 1 is 1.18 bits per heavy atom. The largest absolute Gasteiger partial charge is 0.320 e. The predicted molar refractivity (Wildman–Crippen MR) is 126 cm³/mol. The molecule has 4 heterocycles. The molecule has 9 heteroatoms. The van der Waals surface area contributed by atoms with Crippen LogP contribution in [0.3, 0.4) is 0 Å². The Balaban J connectivity index is 1.46. The summed E-state index contributed by atoms with van der Waals surface area (Å²) in [4.78, 5) is 24.4. The number of Topliss-reactive ketones (excluding diaryl/α,β-unsaturated/α-hetero) is 1. The minimum atomic E-state index is -0.459. The molecule has 3 aromatic rings. The van der Waals surface area contributed by atoms with Crippen molar-refractivity contribution >= 4 is 17.2 Å². The molecule has 2 N–H and O–H groups in total. The molecule has 3 aliphatic heterocycles. The lowest BCUT2D eigenvalue weighted by molar-refractivity contribution is 0.0999. The minimum Gasteiger partial charge on any atom is -0.320 e. The topological polar surface area (TPSA) is 87.4 Å². The van der Waals surface area contributed by atoms with Gasteiger partial charge in [0.05, 0.1) is 23.4 Å². The highest BCUT2D eigenvalue weighted by Crippen LogP contribution is 2.40. The molecule has 8 nitrogen and oxygen atoms in total. The summed E-state index contributed by atoms with van der Waals surface area (Å²) in [6.07, 6.45) is 2.81. The van der Waals surface area contributed by atoms with Gasteiger partial charge in [0.25, 0.3) is 0 Å². The van der Waals surface area contributed by atoms with Crippen molar-refractivity contribution in [3.05, 3.63) is 76.6 Å². The van der Waals surface area contributed by atoms with E-state index in [0.717, 1.165) is 36.7 Å². The Kier molecular flexibility index (Phi) is 5.23. The summed E-state index contributed by atoms with van der Waals surface area (Å²) in [6.45, 7) is 5.91. The molecule has 1 fully saturated rings. The molecule has 0 saturated carbocycles. The number of aryl methyl sites for hydroxylation is 1. The van der Waals surface area contributed by atoms with Crippen LogP contribution in [0, 0.1) is 5.82 Å². The monoisotopic (exact) mass is 459 g/mol. The molecule has 2 atom stereocenters. The molecule has 3 aliphatic rings. The normalized spacial score (nSPS) is 21.8. The molecule has 0 radical (unpaired) electrons. The second-order valence-corrected chi connectivity index (χ2v) is 9.03. The van der Waals surface area contributed by atoms with E-state index in [4.69, 9.17) is 4.99 Å². The van der Waals surface area contributed by atoms with Crippen molar-refractivity contribution in [2.45, 2.75) is 38.4 Å². The van der Waals surface area contributed by atoms with Gasteiger partial charge in [0.1, 0.15) is 24.5 Å². The third-order valence-electron chi connectivity index (χ3n) is 6.96. The predicted octanol–water partition coefficient (Wildman–Crippen LogP) is 3.08. The standard InChI is InChI=1S/C25H26FN7O/c1-2-33-25(28-14-29-33)22-23(16-6-4-15(5-7-16)13-32-8-3-9-32)31-30-19-11-17(26)10-18-20(34)12-27-24(22)21(18)19/h4-7,10-11,14,22-23,30-31H,2-3,8-9,12-13H2,1H3. The number of aliphatic imine (C=N–C) groups is 1. The van der Waals surface area contributed by atoms with Crippen LogP contribution in [0.25, 0.3) is 0 Å². The first kappa shape index (κ1) is 21.1. The number of hydrazine groups is 1. The van der Waals surface area contributed by atoms with Crippen molar-refractivity contribution in [2.75, 3.05) is 25.1 Å². The maximum Gasteiger partial charge on any atom is 0.185 e. The van der Waals surface area contributed by atoms with Gasteiger partial charge in [-0.05, 0) is 49.7 Å². The number of nitrogens with zero attached hydrogens (tertiary/aromatic N) is 5. The second-order valence-electron chi connectivity index (χ2n) is 9.03. The van der Waals surface area contributed by atoms with E-state index in [1.54, 1.807) is 6.33 Å². The molecule has 1 aromatic heterocycles. The van der Waals surface area contributed by atoms with Crippen LogP contribution in [-0.2, 0) is 13.1 Å². The van der Waals surface area contributed by atoms with Gasteiger partial charge < -0.3 is 5.43 Å². The molecule has 2 unspecified atom stereocenters. The highest BCUT2D eigenvalue weighted by molar-refractivity contribution is 6.20. The molecule has 0 bridgehead atoms. The Labute approximate surface area is 196 Å². The van der Waals surface area contributed by atoms with Gasteiger partial charge in [0, 0.05) is 24.2 Å². The molecular weight excluding hydrogens is 433 g/mol. The van der Waals surface area contributed by atoms with E-state index >= 15 is 0 Å². The van der Waals surface area contributed by atoms with Crippen LogP contribution >= 0.6 is 0 Å². The summed E-state index contributed by atoms with van der Waals surface area (Å²) in [5.74, 6) is -0.219. The first-order valence-electron chi connectivity index (χ1n) is 11.7. The van der Waals surface area contributed by atoms with Gasteiger partial charge in [0.2, 0.25) is 0 Å². The SMILES string of the molecule is CCn1ncnc1C1C2=NCC(=O)c3cc(F)cc(c32)NNC1c1ccc(CN2CCC2)cc1. The van der Waals surface area contributed by atoms with E-state index in [0.29, 0.717) is 23.4 Å². The van der Waals surface area contributed by atoms with E-state index in [-0.39, 0.29) is 24.3 Å². The smallest absolute Gasteiger partial charge is 0.185 e. The van der Waals surface area contributed by atoms with Crippen LogP contribution in [0.4, 0.5) is 10.1 Å². The summed E-state index contributed by atoms with van der Waals surface area (Å²) in [5, 5.41) is 4.40. The first-order valence-corrected chi connectivity index (χ1v) is 11.7. The summed E-state index contributed by atoms with van der Waals surface area (Å²) in [7, 11) is 0. The zero-order valence-electron chi connectivity index (χ0n) is 19.0. The van der Waals surface area contributed by atoms with Crippen molar-refractivity contribution in [1.29, 1.82) is 0 Å². The number of carbonyl (C=O) groups is 1. The highest BCUT2D eigenvalue weighted by atomic mass is 19.1. The zero-order valence-corrected chi connectivity index (χ0v) is 19.0. The van der Waals surface area contributed by atoms with E-state index < -0.39 is 5.82 Å². The third kappa shape index (κ3) is 3.52. The van der Waals surface area contributed by atoms with Gasteiger partial charge in [-0.3, -0.25) is 14.7 Å². The first-order chi connectivity index (χ1) is 16.6. The van der Waals surface area contributed by atoms with E-state index in [2.05, 4.69) is 50.1 Å². The van der Waals surface area contributed by atoms with Crippen LogP contribution in [0.15, 0.2) is 47.7 Å². The van der Waals surface area contributed by atoms with E-state index in [1.165, 1.54) is 24.1 Å². The number of hydrogen-bond acceptors (Lipinski definition) is 7. The number of anilines is 1. The van der Waals surface area contributed by atoms with Crippen LogP contribution in [0.1, 0.15) is 58.2 Å². The number of ketones is 1.